The standard InChI is InChI=1S/C13H14N4O3S/c1-8-3-4-21-11(8)7-16-13(18)9-5-12(14-2)15-6-10(9)17(19)20/h3-6H,7H2,1-2H3,(H,14,15)(H,16,18). The maximum atomic E-state index is 12.2. The van der Waals surface area contributed by atoms with Crippen molar-refractivity contribution in [1.82, 2.24) is 10.3 Å². The second-order valence-electron chi connectivity index (χ2n) is 4.30. The first-order valence-electron chi connectivity index (χ1n) is 6.16. The summed E-state index contributed by atoms with van der Waals surface area (Å²) in [5.41, 5.74) is 0.767. The van der Waals surface area contributed by atoms with Gasteiger partial charge in [-0.1, -0.05) is 0 Å². The molecule has 0 spiro atoms. The van der Waals surface area contributed by atoms with Gasteiger partial charge in [-0.25, -0.2) is 4.98 Å². The molecule has 8 heteroatoms. The Bertz CT molecular complexity index is 684. The number of carbonyl (C=O) groups excluding carboxylic acids is 1. The largest absolute Gasteiger partial charge is 0.373 e. The molecule has 2 aromatic rings. The van der Waals surface area contributed by atoms with Gasteiger partial charge in [-0.05, 0) is 23.9 Å². The molecule has 0 bridgehead atoms. The van der Waals surface area contributed by atoms with Gasteiger partial charge < -0.3 is 10.6 Å². The summed E-state index contributed by atoms with van der Waals surface area (Å²) in [7, 11) is 1.63. The Morgan fingerprint density at radius 1 is 1.52 bits per heavy atom. The van der Waals surface area contributed by atoms with Crippen molar-refractivity contribution in [3.8, 4) is 0 Å². The second kappa shape index (κ2) is 6.31. The molecule has 7 nitrogen and oxygen atoms in total. The van der Waals surface area contributed by atoms with Crippen LogP contribution in [0.3, 0.4) is 0 Å². The topological polar surface area (TPSA) is 97.2 Å². The van der Waals surface area contributed by atoms with Crippen LogP contribution in [0.15, 0.2) is 23.7 Å². The number of rotatable bonds is 5. The fourth-order valence-corrected chi connectivity index (χ4v) is 2.60. The zero-order valence-corrected chi connectivity index (χ0v) is 12.4. The smallest absolute Gasteiger partial charge is 0.300 e. The first kappa shape index (κ1) is 14.9. The van der Waals surface area contributed by atoms with E-state index in [1.54, 1.807) is 7.05 Å². The van der Waals surface area contributed by atoms with E-state index in [-0.39, 0.29) is 11.3 Å². The quantitative estimate of drug-likeness (QED) is 0.652. The van der Waals surface area contributed by atoms with E-state index >= 15 is 0 Å². The predicted molar refractivity (Wildman–Crippen MR) is 80.7 cm³/mol. The summed E-state index contributed by atoms with van der Waals surface area (Å²) in [6.07, 6.45) is 1.08. The number of nitrogens with one attached hydrogen (secondary N) is 2. The summed E-state index contributed by atoms with van der Waals surface area (Å²) < 4.78 is 0. The number of thiophene rings is 1. The van der Waals surface area contributed by atoms with Crippen LogP contribution in [0.25, 0.3) is 0 Å². The number of amides is 1. The minimum absolute atomic E-state index is 0.00596. The van der Waals surface area contributed by atoms with Crippen molar-refractivity contribution < 1.29 is 9.72 Å². The summed E-state index contributed by atoms with van der Waals surface area (Å²) >= 11 is 1.53. The molecule has 0 radical (unpaired) electrons. The maximum Gasteiger partial charge on any atom is 0.300 e. The first-order chi connectivity index (χ1) is 10.0. The minimum atomic E-state index is -0.613. The van der Waals surface area contributed by atoms with Gasteiger partial charge in [0.15, 0.2) is 0 Å². The number of aromatic nitrogens is 1. The number of hydrogen-bond acceptors (Lipinski definition) is 6. The molecule has 0 aliphatic heterocycles. The van der Waals surface area contributed by atoms with Crippen LogP contribution in [0, 0.1) is 17.0 Å². The van der Waals surface area contributed by atoms with Gasteiger partial charge in [-0.2, -0.15) is 0 Å². The molecule has 2 heterocycles. The molecule has 0 aliphatic carbocycles. The van der Waals surface area contributed by atoms with Crippen LogP contribution in [-0.2, 0) is 6.54 Å². The van der Waals surface area contributed by atoms with Crippen molar-refractivity contribution in [3.05, 3.63) is 49.8 Å². The Morgan fingerprint density at radius 2 is 2.29 bits per heavy atom. The van der Waals surface area contributed by atoms with Crippen LogP contribution in [0.2, 0.25) is 0 Å². The molecular weight excluding hydrogens is 292 g/mol. The van der Waals surface area contributed by atoms with Gasteiger partial charge in [0, 0.05) is 18.0 Å². The van der Waals surface area contributed by atoms with E-state index < -0.39 is 10.8 Å². The van der Waals surface area contributed by atoms with Crippen molar-refractivity contribution in [2.75, 3.05) is 12.4 Å². The van der Waals surface area contributed by atoms with Gasteiger partial charge in [-0.15, -0.1) is 11.3 Å². The summed E-state index contributed by atoms with van der Waals surface area (Å²) in [6, 6.07) is 3.33. The van der Waals surface area contributed by atoms with E-state index in [9.17, 15) is 14.9 Å². The van der Waals surface area contributed by atoms with Crippen molar-refractivity contribution in [2.45, 2.75) is 13.5 Å². The van der Waals surface area contributed by atoms with Crippen LogP contribution in [-0.4, -0.2) is 22.9 Å². The Balaban J connectivity index is 2.21. The molecule has 0 saturated heterocycles. The minimum Gasteiger partial charge on any atom is -0.373 e. The van der Waals surface area contributed by atoms with Gasteiger partial charge in [0.1, 0.15) is 17.6 Å². The van der Waals surface area contributed by atoms with Crippen molar-refractivity contribution >= 4 is 28.7 Å². The molecule has 2 aromatic heterocycles. The van der Waals surface area contributed by atoms with E-state index in [1.807, 2.05) is 18.4 Å². The number of aryl methyl sites for hydroxylation is 1. The third-order valence-electron chi connectivity index (χ3n) is 2.96. The molecule has 0 unspecified atom stereocenters. The lowest BCUT2D eigenvalue weighted by Gasteiger charge is -2.07. The fraction of sp³-hybridized carbons (Fsp3) is 0.231. The van der Waals surface area contributed by atoms with E-state index in [2.05, 4.69) is 15.6 Å². The molecule has 110 valence electrons. The van der Waals surface area contributed by atoms with Crippen molar-refractivity contribution in [3.63, 3.8) is 0 Å². The average molecular weight is 306 g/mol. The van der Waals surface area contributed by atoms with Gasteiger partial charge >= 0.3 is 0 Å². The Kier molecular flexibility index (Phi) is 4.49. The van der Waals surface area contributed by atoms with E-state index in [0.717, 1.165) is 16.6 Å². The molecule has 0 aromatic carbocycles. The number of nitrogens with zero attached hydrogens (tertiary/aromatic N) is 2. The zero-order chi connectivity index (χ0) is 15.4. The van der Waals surface area contributed by atoms with Crippen molar-refractivity contribution in [2.24, 2.45) is 0 Å². The lowest BCUT2D eigenvalue weighted by molar-refractivity contribution is -0.385. The highest BCUT2D eigenvalue weighted by Crippen LogP contribution is 2.21. The van der Waals surface area contributed by atoms with Crippen LogP contribution in [0.4, 0.5) is 11.5 Å². The number of carbonyl (C=O) groups is 1. The molecule has 0 aliphatic rings. The number of pyridine rings is 1. The number of hydrogen-bond donors (Lipinski definition) is 2. The van der Waals surface area contributed by atoms with Crippen LogP contribution < -0.4 is 10.6 Å². The van der Waals surface area contributed by atoms with Gasteiger partial charge in [-0.3, -0.25) is 14.9 Å². The second-order valence-corrected chi connectivity index (χ2v) is 5.30. The monoisotopic (exact) mass is 306 g/mol. The molecule has 0 saturated carbocycles. The highest BCUT2D eigenvalue weighted by molar-refractivity contribution is 7.10. The Labute approximate surface area is 125 Å². The summed E-state index contributed by atoms with van der Waals surface area (Å²) in [5.74, 6) is -0.0912. The molecule has 1 amide bonds. The highest BCUT2D eigenvalue weighted by Gasteiger charge is 2.21. The molecule has 2 rings (SSSR count). The molecule has 2 N–H and O–H groups in total. The Hall–Kier alpha value is -2.48. The van der Waals surface area contributed by atoms with Gasteiger partial charge in [0.05, 0.1) is 11.5 Å². The van der Waals surface area contributed by atoms with Crippen LogP contribution >= 0.6 is 11.3 Å². The Morgan fingerprint density at radius 3 is 2.86 bits per heavy atom. The van der Waals surface area contributed by atoms with Crippen molar-refractivity contribution in [1.29, 1.82) is 0 Å². The molecule has 21 heavy (non-hydrogen) atoms. The van der Waals surface area contributed by atoms with E-state index in [1.165, 1.54) is 17.4 Å². The SMILES string of the molecule is CNc1cc(C(=O)NCc2sccc2C)c([N+](=O)[O-])cn1. The number of anilines is 1. The third kappa shape index (κ3) is 3.34. The molecular formula is C13H14N4O3S. The molecule has 0 atom stereocenters. The van der Waals surface area contributed by atoms with Crippen LogP contribution in [0.5, 0.6) is 0 Å². The van der Waals surface area contributed by atoms with Crippen LogP contribution in [0.1, 0.15) is 20.8 Å². The normalized spacial score (nSPS) is 10.2. The lowest BCUT2D eigenvalue weighted by Crippen LogP contribution is -2.24. The predicted octanol–water partition coefficient (Wildman–Crippen LogP) is 2.33. The van der Waals surface area contributed by atoms with E-state index in [0.29, 0.717) is 12.4 Å². The summed E-state index contributed by atoms with van der Waals surface area (Å²) in [4.78, 5) is 27.4. The maximum absolute atomic E-state index is 12.2. The average Bonchev–Trinajstić information content (AvgIpc) is 2.89. The summed E-state index contributed by atoms with van der Waals surface area (Å²) in [6.45, 7) is 2.29. The van der Waals surface area contributed by atoms with Gasteiger partial charge in [0.25, 0.3) is 11.6 Å². The fourth-order valence-electron chi connectivity index (χ4n) is 1.75. The first-order valence-corrected chi connectivity index (χ1v) is 7.04. The zero-order valence-electron chi connectivity index (χ0n) is 11.5. The van der Waals surface area contributed by atoms with Gasteiger partial charge in [0.2, 0.25) is 0 Å². The highest BCUT2D eigenvalue weighted by atomic mass is 32.1. The van der Waals surface area contributed by atoms with E-state index in [4.69, 9.17) is 0 Å². The summed E-state index contributed by atoms with van der Waals surface area (Å²) in [5, 5.41) is 18.4. The lowest BCUT2D eigenvalue weighted by atomic mass is 10.2. The third-order valence-corrected chi connectivity index (χ3v) is 3.98. The number of nitro groups is 1. The molecule has 0 fully saturated rings.